The molecule has 1 aromatic rings. The lowest BCUT2D eigenvalue weighted by Crippen LogP contribution is -2.39. The van der Waals surface area contributed by atoms with Gasteiger partial charge in [0.15, 0.2) is 0 Å². The zero-order chi connectivity index (χ0) is 11.5. The third-order valence-electron chi connectivity index (χ3n) is 2.89. The Balaban J connectivity index is 1.99. The summed E-state index contributed by atoms with van der Waals surface area (Å²) in [5.74, 6) is -1.40. The molecule has 4 nitrogen and oxygen atoms in total. The van der Waals surface area contributed by atoms with Crippen LogP contribution in [0.1, 0.15) is 28.9 Å². The van der Waals surface area contributed by atoms with Crippen molar-refractivity contribution in [2.45, 2.75) is 25.3 Å². The highest BCUT2D eigenvalue weighted by molar-refractivity contribution is 7.12. The van der Waals surface area contributed by atoms with Crippen molar-refractivity contribution in [1.29, 1.82) is 0 Å². The first kappa shape index (κ1) is 11.1. The first-order valence-electron chi connectivity index (χ1n) is 5.25. The van der Waals surface area contributed by atoms with Crippen LogP contribution in [0.2, 0.25) is 0 Å². The highest BCUT2D eigenvalue weighted by atomic mass is 32.1. The molecule has 1 saturated carbocycles. The number of carbonyl (C=O) groups is 2. The fraction of sp³-hybridized carbons (Fsp3) is 0.455. The van der Waals surface area contributed by atoms with E-state index < -0.39 is 11.9 Å². The molecule has 0 saturated heterocycles. The van der Waals surface area contributed by atoms with Gasteiger partial charge in [-0.15, -0.1) is 11.3 Å². The molecule has 1 heterocycles. The number of rotatable bonds is 3. The number of carbonyl (C=O) groups excluding carboxylic acids is 1. The third kappa shape index (κ3) is 2.24. The Labute approximate surface area is 97.3 Å². The van der Waals surface area contributed by atoms with Crippen LogP contribution in [0.25, 0.3) is 0 Å². The van der Waals surface area contributed by atoms with Gasteiger partial charge in [0.2, 0.25) is 0 Å². The minimum atomic E-state index is -0.811. The molecule has 2 atom stereocenters. The van der Waals surface area contributed by atoms with Crippen LogP contribution < -0.4 is 5.32 Å². The van der Waals surface area contributed by atoms with E-state index in [9.17, 15) is 9.59 Å². The van der Waals surface area contributed by atoms with Gasteiger partial charge in [-0.1, -0.05) is 12.5 Å². The Morgan fingerprint density at radius 2 is 2.25 bits per heavy atom. The van der Waals surface area contributed by atoms with Crippen LogP contribution in [0.3, 0.4) is 0 Å². The molecule has 2 rings (SSSR count). The maximum Gasteiger partial charge on any atom is 0.308 e. The SMILES string of the molecule is O=C(N[C@H]1CCC[C@H]1C(=O)O)c1cccs1. The number of carboxylic acid groups (broad SMARTS) is 1. The fourth-order valence-corrected chi connectivity index (χ4v) is 2.70. The lowest BCUT2D eigenvalue weighted by atomic mass is 10.0. The zero-order valence-corrected chi connectivity index (χ0v) is 9.50. The number of amides is 1. The second-order valence-electron chi connectivity index (χ2n) is 3.93. The van der Waals surface area contributed by atoms with Gasteiger partial charge in [0.25, 0.3) is 5.91 Å². The van der Waals surface area contributed by atoms with Crippen molar-refractivity contribution in [3.8, 4) is 0 Å². The first-order valence-corrected chi connectivity index (χ1v) is 6.13. The van der Waals surface area contributed by atoms with Gasteiger partial charge in [0.05, 0.1) is 10.8 Å². The van der Waals surface area contributed by atoms with E-state index in [1.807, 2.05) is 11.4 Å². The van der Waals surface area contributed by atoms with Crippen LogP contribution >= 0.6 is 11.3 Å². The molecule has 5 heteroatoms. The second kappa shape index (κ2) is 4.65. The van der Waals surface area contributed by atoms with Gasteiger partial charge in [0, 0.05) is 6.04 Å². The molecule has 86 valence electrons. The molecule has 1 aliphatic rings. The van der Waals surface area contributed by atoms with Crippen molar-refractivity contribution < 1.29 is 14.7 Å². The largest absolute Gasteiger partial charge is 0.481 e. The topological polar surface area (TPSA) is 66.4 Å². The zero-order valence-electron chi connectivity index (χ0n) is 8.68. The number of nitrogens with one attached hydrogen (secondary N) is 1. The summed E-state index contributed by atoms with van der Waals surface area (Å²) in [4.78, 5) is 23.3. The summed E-state index contributed by atoms with van der Waals surface area (Å²) in [5.41, 5.74) is 0. The number of hydrogen-bond donors (Lipinski definition) is 2. The van der Waals surface area contributed by atoms with Gasteiger partial charge in [-0.2, -0.15) is 0 Å². The van der Waals surface area contributed by atoms with Crippen LogP contribution in [0.4, 0.5) is 0 Å². The lowest BCUT2D eigenvalue weighted by Gasteiger charge is -2.16. The van der Waals surface area contributed by atoms with E-state index >= 15 is 0 Å². The van der Waals surface area contributed by atoms with Gasteiger partial charge >= 0.3 is 5.97 Å². The molecule has 16 heavy (non-hydrogen) atoms. The molecular formula is C11H13NO3S. The third-order valence-corrected chi connectivity index (χ3v) is 3.76. The summed E-state index contributed by atoms with van der Waals surface area (Å²) in [6.07, 6.45) is 2.28. The monoisotopic (exact) mass is 239 g/mol. The smallest absolute Gasteiger partial charge is 0.308 e. The minimum absolute atomic E-state index is 0.159. The Morgan fingerprint density at radius 1 is 1.44 bits per heavy atom. The summed E-state index contributed by atoms with van der Waals surface area (Å²) in [6, 6.07) is 3.33. The van der Waals surface area contributed by atoms with Crippen molar-refractivity contribution in [3.05, 3.63) is 22.4 Å². The van der Waals surface area contributed by atoms with Crippen molar-refractivity contribution in [1.82, 2.24) is 5.32 Å². The fourth-order valence-electron chi connectivity index (χ4n) is 2.08. The Kier molecular flexibility index (Phi) is 3.24. The molecular weight excluding hydrogens is 226 g/mol. The average molecular weight is 239 g/mol. The maximum absolute atomic E-state index is 11.7. The molecule has 0 aromatic carbocycles. The van der Waals surface area contributed by atoms with Crippen molar-refractivity contribution in [2.24, 2.45) is 5.92 Å². The van der Waals surface area contributed by atoms with Gasteiger partial charge in [-0.3, -0.25) is 9.59 Å². The van der Waals surface area contributed by atoms with Crippen LogP contribution in [0, 0.1) is 5.92 Å². The Morgan fingerprint density at radius 3 is 2.88 bits per heavy atom. The summed E-state index contributed by atoms with van der Waals surface area (Å²) >= 11 is 1.36. The average Bonchev–Trinajstić information content (AvgIpc) is 2.86. The van der Waals surface area contributed by atoms with E-state index in [4.69, 9.17) is 5.11 Å². The highest BCUT2D eigenvalue weighted by Gasteiger charge is 2.34. The number of hydrogen-bond acceptors (Lipinski definition) is 3. The predicted molar refractivity (Wildman–Crippen MR) is 60.6 cm³/mol. The van der Waals surface area contributed by atoms with E-state index in [-0.39, 0.29) is 11.9 Å². The van der Waals surface area contributed by atoms with Gasteiger partial charge in [-0.05, 0) is 24.3 Å². The highest BCUT2D eigenvalue weighted by Crippen LogP contribution is 2.26. The summed E-state index contributed by atoms with van der Waals surface area (Å²) in [6.45, 7) is 0. The maximum atomic E-state index is 11.7. The van der Waals surface area contributed by atoms with Crippen LogP contribution in [-0.2, 0) is 4.79 Å². The first-order chi connectivity index (χ1) is 7.68. The Hall–Kier alpha value is -1.36. The van der Waals surface area contributed by atoms with Crippen molar-refractivity contribution in [2.75, 3.05) is 0 Å². The minimum Gasteiger partial charge on any atom is -0.481 e. The molecule has 1 aromatic heterocycles. The summed E-state index contributed by atoms with van der Waals surface area (Å²) in [5, 5.41) is 13.6. The van der Waals surface area contributed by atoms with Crippen molar-refractivity contribution in [3.63, 3.8) is 0 Å². The molecule has 0 aliphatic heterocycles. The normalized spacial score (nSPS) is 24.2. The van der Waals surface area contributed by atoms with Crippen LogP contribution in [0.15, 0.2) is 17.5 Å². The van der Waals surface area contributed by atoms with E-state index in [1.54, 1.807) is 6.07 Å². The molecule has 0 radical (unpaired) electrons. The molecule has 1 amide bonds. The van der Waals surface area contributed by atoms with Crippen LogP contribution in [-0.4, -0.2) is 23.0 Å². The van der Waals surface area contributed by atoms with E-state index in [2.05, 4.69) is 5.32 Å². The number of aliphatic carboxylic acids is 1. The van der Waals surface area contributed by atoms with E-state index in [0.29, 0.717) is 11.3 Å². The van der Waals surface area contributed by atoms with E-state index in [0.717, 1.165) is 12.8 Å². The number of carboxylic acids is 1. The van der Waals surface area contributed by atoms with Gasteiger partial charge < -0.3 is 10.4 Å². The van der Waals surface area contributed by atoms with E-state index in [1.165, 1.54) is 11.3 Å². The second-order valence-corrected chi connectivity index (χ2v) is 4.88. The van der Waals surface area contributed by atoms with Crippen LogP contribution in [0.5, 0.6) is 0 Å². The number of thiophene rings is 1. The Bertz CT molecular complexity index is 388. The van der Waals surface area contributed by atoms with Gasteiger partial charge in [-0.25, -0.2) is 0 Å². The molecule has 0 spiro atoms. The molecule has 0 unspecified atom stereocenters. The molecule has 1 fully saturated rings. The quantitative estimate of drug-likeness (QED) is 0.844. The standard InChI is InChI=1S/C11H13NO3S/c13-10(9-5-2-6-16-9)12-8-4-1-3-7(8)11(14)15/h2,5-8H,1,3-4H2,(H,12,13)(H,14,15)/t7-,8+/m1/s1. The predicted octanol–water partition coefficient (Wildman–Crippen LogP) is 1.73. The molecule has 1 aliphatic carbocycles. The van der Waals surface area contributed by atoms with Crippen molar-refractivity contribution >= 4 is 23.2 Å². The summed E-state index contributed by atoms with van der Waals surface area (Å²) < 4.78 is 0. The van der Waals surface area contributed by atoms with Gasteiger partial charge in [0.1, 0.15) is 0 Å². The molecule has 2 N–H and O–H groups in total. The lowest BCUT2D eigenvalue weighted by molar-refractivity contribution is -0.142. The summed E-state index contributed by atoms with van der Waals surface area (Å²) in [7, 11) is 0. The molecule has 0 bridgehead atoms.